The molecule has 24 heavy (non-hydrogen) atoms. The summed E-state index contributed by atoms with van der Waals surface area (Å²) in [6, 6.07) is 17.8. The molecule has 0 aliphatic rings. The maximum Gasteiger partial charge on any atom is 0.238 e. The van der Waals surface area contributed by atoms with E-state index >= 15 is 0 Å². The molecule has 0 saturated carbocycles. The van der Waals surface area contributed by atoms with Gasteiger partial charge in [-0.15, -0.1) is 0 Å². The van der Waals surface area contributed by atoms with Crippen LogP contribution >= 0.6 is 0 Å². The van der Waals surface area contributed by atoms with Crippen molar-refractivity contribution in [2.24, 2.45) is 0 Å². The second-order valence-corrected chi connectivity index (χ2v) is 5.39. The third-order valence-electron chi connectivity index (χ3n) is 3.39. The first kappa shape index (κ1) is 18.1. The normalized spacial score (nSPS) is 10.5. The Kier molecular flexibility index (Phi) is 7.97. The number of rotatable bonds is 10. The molecule has 0 unspecified atom stereocenters. The largest absolute Gasteiger partial charge is 0.383 e. The van der Waals surface area contributed by atoms with Crippen molar-refractivity contribution in [1.82, 2.24) is 5.32 Å². The highest BCUT2D eigenvalue weighted by molar-refractivity contribution is 5.92. The van der Waals surface area contributed by atoms with E-state index in [0.29, 0.717) is 26.4 Å². The van der Waals surface area contributed by atoms with Crippen molar-refractivity contribution in [1.29, 1.82) is 0 Å². The van der Waals surface area contributed by atoms with Crippen molar-refractivity contribution in [2.75, 3.05) is 32.1 Å². The van der Waals surface area contributed by atoms with Gasteiger partial charge in [-0.05, 0) is 23.3 Å². The lowest BCUT2D eigenvalue weighted by atomic mass is 10.2. The lowest BCUT2D eigenvalue weighted by molar-refractivity contribution is -0.115. The monoisotopic (exact) mass is 328 g/mol. The fourth-order valence-corrected chi connectivity index (χ4v) is 2.13. The molecular formula is C19H24N2O3. The third kappa shape index (κ3) is 6.91. The zero-order chi connectivity index (χ0) is 17.0. The number of carbonyl (C=O) groups is 1. The van der Waals surface area contributed by atoms with Gasteiger partial charge in [-0.3, -0.25) is 4.79 Å². The van der Waals surface area contributed by atoms with Gasteiger partial charge in [0, 0.05) is 19.3 Å². The molecule has 2 N–H and O–H groups in total. The first-order chi connectivity index (χ1) is 11.8. The Morgan fingerprint density at radius 2 is 1.62 bits per heavy atom. The fourth-order valence-electron chi connectivity index (χ4n) is 2.13. The van der Waals surface area contributed by atoms with Crippen LogP contribution in [0.1, 0.15) is 11.1 Å². The smallest absolute Gasteiger partial charge is 0.238 e. The van der Waals surface area contributed by atoms with Gasteiger partial charge < -0.3 is 20.1 Å². The minimum absolute atomic E-state index is 0.0702. The van der Waals surface area contributed by atoms with Crippen LogP contribution in [0.4, 0.5) is 5.69 Å². The molecule has 128 valence electrons. The van der Waals surface area contributed by atoms with Crippen LogP contribution in [0.25, 0.3) is 0 Å². The van der Waals surface area contributed by atoms with Crippen LogP contribution in [0.15, 0.2) is 54.6 Å². The van der Waals surface area contributed by atoms with E-state index in [-0.39, 0.29) is 12.5 Å². The summed E-state index contributed by atoms with van der Waals surface area (Å²) in [5, 5.41) is 5.85. The fraction of sp³-hybridized carbons (Fsp3) is 0.316. The Hall–Kier alpha value is -2.21. The maximum absolute atomic E-state index is 11.8. The lowest BCUT2D eigenvalue weighted by Gasteiger charge is -2.08. The highest BCUT2D eigenvalue weighted by atomic mass is 16.5. The van der Waals surface area contributed by atoms with E-state index in [9.17, 15) is 4.79 Å². The molecule has 0 spiro atoms. The predicted molar refractivity (Wildman–Crippen MR) is 94.8 cm³/mol. The topological polar surface area (TPSA) is 59.6 Å². The van der Waals surface area contributed by atoms with Crippen LogP contribution in [-0.4, -0.2) is 32.7 Å². The van der Waals surface area contributed by atoms with Crippen LogP contribution in [0, 0.1) is 0 Å². The molecule has 1 amide bonds. The molecule has 2 aromatic rings. The third-order valence-corrected chi connectivity index (χ3v) is 3.39. The number of hydrogen-bond acceptors (Lipinski definition) is 4. The van der Waals surface area contributed by atoms with E-state index in [1.165, 1.54) is 0 Å². The van der Waals surface area contributed by atoms with Gasteiger partial charge in [0.15, 0.2) is 0 Å². The van der Waals surface area contributed by atoms with Gasteiger partial charge >= 0.3 is 0 Å². The van der Waals surface area contributed by atoms with Crippen LogP contribution < -0.4 is 10.6 Å². The van der Waals surface area contributed by atoms with E-state index in [4.69, 9.17) is 9.47 Å². The van der Waals surface area contributed by atoms with Crippen LogP contribution in [0.5, 0.6) is 0 Å². The second kappa shape index (κ2) is 10.5. The van der Waals surface area contributed by atoms with Crippen LogP contribution in [-0.2, 0) is 27.5 Å². The van der Waals surface area contributed by atoms with E-state index < -0.39 is 0 Å². The Labute approximate surface area is 143 Å². The van der Waals surface area contributed by atoms with Crippen LogP contribution in [0.3, 0.4) is 0 Å². The summed E-state index contributed by atoms with van der Waals surface area (Å²) in [4.78, 5) is 11.8. The standard InChI is InChI=1S/C19H24N2O3/c1-23-12-11-20-13-19(22)21-18-9-7-17(8-10-18)15-24-14-16-5-3-2-4-6-16/h2-10,20H,11-15H2,1H3,(H,21,22). The highest BCUT2D eigenvalue weighted by Gasteiger charge is 2.02. The summed E-state index contributed by atoms with van der Waals surface area (Å²) < 4.78 is 10.6. The molecule has 0 saturated heterocycles. The molecule has 5 heteroatoms. The highest BCUT2D eigenvalue weighted by Crippen LogP contribution is 2.11. The minimum atomic E-state index is -0.0702. The summed E-state index contributed by atoms with van der Waals surface area (Å²) in [5.41, 5.74) is 3.00. The van der Waals surface area contributed by atoms with Gasteiger partial charge in [0.25, 0.3) is 0 Å². The Morgan fingerprint density at radius 3 is 2.29 bits per heavy atom. The molecule has 0 atom stereocenters. The first-order valence-electron chi connectivity index (χ1n) is 7.98. The summed E-state index contributed by atoms with van der Waals surface area (Å²) in [5.74, 6) is -0.0702. The summed E-state index contributed by atoms with van der Waals surface area (Å²) in [7, 11) is 1.63. The van der Waals surface area contributed by atoms with Crippen molar-refractivity contribution >= 4 is 11.6 Å². The number of methoxy groups -OCH3 is 1. The number of carbonyl (C=O) groups excluding carboxylic acids is 1. The average molecular weight is 328 g/mol. The Bertz CT molecular complexity index is 600. The molecule has 5 nitrogen and oxygen atoms in total. The number of amides is 1. The number of ether oxygens (including phenoxy) is 2. The molecule has 0 aromatic heterocycles. The molecule has 0 aliphatic carbocycles. The van der Waals surface area contributed by atoms with E-state index in [1.807, 2.05) is 54.6 Å². The molecule has 2 rings (SSSR count). The molecular weight excluding hydrogens is 304 g/mol. The van der Waals surface area contributed by atoms with Crippen molar-refractivity contribution in [3.8, 4) is 0 Å². The van der Waals surface area contributed by atoms with Gasteiger partial charge in [0.2, 0.25) is 5.91 Å². The zero-order valence-corrected chi connectivity index (χ0v) is 14.0. The number of nitrogens with one attached hydrogen (secondary N) is 2. The number of anilines is 1. The van der Waals surface area contributed by atoms with Crippen molar-refractivity contribution in [3.63, 3.8) is 0 Å². The summed E-state index contributed by atoms with van der Waals surface area (Å²) >= 11 is 0. The van der Waals surface area contributed by atoms with Gasteiger partial charge in [0.1, 0.15) is 0 Å². The SMILES string of the molecule is COCCNCC(=O)Nc1ccc(COCc2ccccc2)cc1. The zero-order valence-electron chi connectivity index (χ0n) is 14.0. The number of hydrogen-bond donors (Lipinski definition) is 2. The van der Waals surface area contributed by atoms with Gasteiger partial charge in [0.05, 0.1) is 26.4 Å². The molecule has 0 aliphatic heterocycles. The minimum Gasteiger partial charge on any atom is -0.383 e. The molecule has 0 fully saturated rings. The summed E-state index contributed by atoms with van der Waals surface area (Å²) in [6.07, 6.45) is 0. The molecule has 0 bridgehead atoms. The van der Waals surface area contributed by atoms with Crippen molar-refractivity contribution < 1.29 is 14.3 Å². The molecule has 2 aromatic carbocycles. The van der Waals surface area contributed by atoms with E-state index in [1.54, 1.807) is 7.11 Å². The first-order valence-corrected chi connectivity index (χ1v) is 7.98. The quantitative estimate of drug-likeness (QED) is 0.658. The van der Waals surface area contributed by atoms with Crippen molar-refractivity contribution in [3.05, 3.63) is 65.7 Å². The van der Waals surface area contributed by atoms with E-state index in [0.717, 1.165) is 16.8 Å². The number of benzene rings is 2. The average Bonchev–Trinajstić information content (AvgIpc) is 2.61. The Morgan fingerprint density at radius 1 is 0.958 bits per heavy atom. The van der Waals surface area contributed by atoms with E-state index in [2.05, 4.69) is 10.6 Å². The van der Waals surface area contributed by atoms with Gasteiger partial charge in [-0.2, -0.15) is 0 Å². The molecule has 0 radical (unpaired) electrons. The van der Waals surface area contributed by atoms with Crippen molar-refractivity contribution in [2.45, 2.75) is 13.2 Å². The van der Waals surface area contributed by atoms with Crippen LogP contribution in [0.2, 0.25) is 0 Å². The van der Waals surface area contributed by atoms with Gasteiger partial charge in [-0.1, -0.05) is 42.5 Å². The second-order valence-electron chi connectivity index (χ2n) is 5.39. The predicted octanol–water partition coefficient (Wildman–Crippen LogP) is 2.58. The maximum atomic E-state index is 11.8. The van der Waals surface area contributed by atoms with Gasteiger partial charge in [-0.25, -0.2) is 0 Å². The molecule has 0 heterocycles. The lowest BCUT2D eigenvalue weighted by Crippen LogP contribution is -2.30. The Balaban J connectivity index is 1.69. The summed E-state index contributed by atoms with van der Waals surface area (Å²) in [6.45, 7) is 2.64.